The zero-order valence-electron chi connectivity index (χ0n) is 14.7. The van der Waals surface area contributed by atoms with E-state index in [0.717, 1.165) is 6.42 Å². The van der Waals surface area contributed by atoms with E-state index >= 15 is 0 Å². The van der Waals surface area contributed by atoms with Gasteiger partial charge in [-0.1, -0.05) is 62.4 Å². The summed E-state index contributed by atoms with van der Waals surface area (Å²) in [5.74, 6) is 0.469. The van der Waals surface area contributed by atoms with Crippen molar-refractivity contribution in [1.29, 1.82) is 0 Å². The summed E-state index contributed by atoms with van der Waals surface area (Å²) in [6.45, 7) is 6.75. The molecule has 3 aromatic carbocycles. The average molecular weight is 315 g/mol. The van der Waals surface area contributed by atoms with Gasteiger partial charge in [-0.15, -0.1) is 0 Å². The highest BCUT2D eigenvalue weighted by Gasteiger charge is 2.35. The minimum Gasteiger partial charge on any atom is -0.325 e. The number of rotatable bonds is 2. The summed E-state index contributed by atoms with van der Waals surface area (Å²) in [7, 11) is 0. The minimum absolute atomic E-state index is 0.113. The van der Waals surface area contributed by atoms with E-state index in [2.05, 4.69) is 74.5 Å². The molecule has 0 spiro atoms. The fourth-order valence-corrected chi connectivity index (χ4v) is 4.15. The molecule has 24 heavy (non-hydrogen) atoms. The van der Waals surface area contributed by atoms with Crippen LogP contribution in [0.3, 0.4) is 0 Å². The largest absolute Gasteiger partial charge is 0.325 e. The van der Waals surface area contributed by atoms with E-state index in [1.54, 1.807) is 0 Å². The summed E-state index contributed by atoms with van der Waals surface area (Å²) in [5.41, 5.74) is 9.10. The lowest BCUT2D eigenvalue weighted by atomic mass is 9.85. The lowest BCUT2D eigenvalue weighted by Gasteiger charge is -2.19. The predicted octanol–water partition coefficient (Wildman–Crippen LogP) is 5.66. The maximum atomic E-state index is 5.92. The first-order valence-electron chi connectivity index (χ1n) is 8.85. The maximum absolute atomic E-state index is 5.92. The average Bonchev–Trinajstić information content (AvgIpc) is 2.79. The first kappa shape index (κ1) is 15.4. The predicted molar refractivity (Wildman–Crippen MR) is 105 cm³/mol. The van der Waals surface area contributed by atoms with Gasteiger partial charge in [0, 0.05) is 12.0 Å². The molecule has 0 saturated heterocycles. The van der Waals surface area contributed by atoms with Crippen molar-refractivity contribution < 1.29 is 0 Å². The van der Waals surface area contributed by atoms with Crippen molar-refractivity contribution in [1.82, 2.24) is 0 Å². The van der Waals surface area contributed by atoms with Crippen molar-refractivity contribution in [3.63, 3.8) is 0 Å². The van der Waals surface area contributed by atoms with Crippen molar-refractivity contribution in [2.45, 2.75) is 44.6 Å². The summed E-state index contributed by atoms with van der Waals surface area (Å²) in [5, 5.41) is 5.31. The molecule has 1 unspecified atom stereocenters. The third-order valence-electron chi connectivity index (χ3n) is 5.38. The number of nitrogens with two attached hydrogens (primary N) is 1. The van der Waals surface area contributed by atoms with E-state index in [0.29, 0.717) is 5.92 Å². The van der Waals surface area contributed by atoms with E-state index in [4.69, 9.17) is 5.73 Å². The molecule has 1 aliphatic rings. The molecule has 0 saturated carbocycles. The van der Waals surface area contributed by atoms with Crippen LogP contribution in [0.15, 0.2) is 60.7 Å². The van der Waals surface area contributed by atoms with Gasteiger partial charge in [0.2, 0.25) is 0 Å². The zero-order chi connectivity index (χ0) is 16.9. The van der Waals surface area contributed by atoms with Crippen LogP contribution in [0.1, 0.15) is 44.2 Å². The Bertz CT molecular complexity index is 947. The molecule has 122 valence electrons. The molecule has 0 radical (unpaired) electrons. The molecule has 0 aromatic heterocycles. The third-order valence-corrected chi connectivity index (χ3v) is 5.38. The van der Waals surface area contributed by atoms with Gasteiger partial charge in [-0.3, -0.25) is 0 Å². The Hall–Kier alpha value is -2.12. The monoisotopic (exact) mass is 315 g/mol. The molecule has 0 aliphatic heterocycles. The summed E-state index contributed by atoms with van der Waals surface area (Å²) in [4.78, 5) is 0. The Kier molecular flexibility index (Phi) is 3.51. The molecule has 2 atom stereocenters. The van der Waals surface area contributed by atoms with Crippen LogP contribution in [0, 0.1) is 0 Å². The molecule has 2 N–H and O–H groups in total. The second kappa shape index (κ2) is 5.46. The molecule has 0 bridgehead atoms. The Morgan fingerprint density at radius 2 is 1.62 bits per heavy atom. The van der Waals surface area contributed by atoms with Gasteiger partial charge in [-0.05, 0) is 63.6 Å². The molecule has 4 rings (SSSR count). The van der Waals surface area contributed by atoms with Crippen LogP contribution in [0.25, 0.3) is 21.5 Å². The third kappa shape index (κ3) is 2.53. The number of fused-ring (bicyclic) bond motifs is 3. The molecule has 1 aliphatic carbocycles. The number of allylic oxidation sites excluding steroid dienone is 1. The standard InChI is InChI=1S/C23H25N/c1-15(24)8-9-18-14-23(2,3)22-13-20-11-17-7-5-4-6-16(17)10-19(20)12-21(18)22/h4-13,15,18H,14,24H2,1-3H3/b9-8-/t15-,18?/m1/s1. The van der Waals surface area contributed by atoms with Gasteiger partial charge in [-0.25, -0.2) is 0 Å². The topological polar surface area (TPSA) is 26.0 Å². The Morgan fingerprint density at radius 3 is 2.25 bits per heavy atom. The molecule has 3 aromatic rings. The van der Waals surface area contributed by atoms with Gasteiger partial charge in [0.15, 0.2) is 0 Å². The van der Waals surface area contributed by atoms with Gasteiger partial charge in [0.05, 0.1) is 0 Å². The van der Waals surface area contributed by atoms with Crippen LogP contribution < -0.4 is 5.73 Å². The van der Waals surface area contributed by atoms with Gasteiger partial charge in [0.25, 0.3) is 0 Å². The highest BCUT2D eigenvalue weighted by atomic mass is 14.6. The SMILES string of the molecule is C[C@@H](N)/C=C\C1CC(C)(C)c2cc3cc4ccccc4cc3cc21. The Morgan fingerprint density at radius 1 is 1.00 bits per heavy atom. The van der Waals surface area contributed by atoms with Gasteiger partial charge >= 0.3 is 0 Å². The first-order valence-corrected chi connectivity index (χ1v) is 8.85. The summed E-state index contributed by atoms with van der Waals surface area (Å²) < 4.78 is 0. The van der Waals surface area contributed by atoms with Crippen molar-refractivity contribution in [3.8, 4) is 0 Å². The first-order chi connectivity index (χ1) is 11.4. The van der Waals surface area contributed by atoms with E-state index in [1.165, 1.54) is 32.7 Å². The fraction of sp³-hybridized carbons (Fsp3) is 0.304. The highest BCUT2D eigenvalue weighted by Crippen LogP contribution is 2.48. The van der Waals surface area contributed by atoms with Gasteiger partial charge in [-0.2, -0.15) is 0 Å². The van der Waals surface area contributed by atoms with Crippen LogP contribution in [-0.4, -0.2) is 6.04 Å². The molecule has 0 amide bonds. The number of hydrogen-bond acceptors (Lipinski definition) is 1. The van der Waals surface area contributed by atoms with Gasteiger partial charge in [0.1, 0.15) is 0 Å². The van der Waals surface area contributed by atoms with Crippen LogP contribution in [-0.2, 0) is 5.41 Å². The lowest BCUT2D eigenvalue weighted by molar-refractivity contribution is 0.503. The highest BCUT2D eigenvalue weighted by molar-refractivity contribution is 5.99. The van der Waals surface area contributed by atoms with Crippen LogP contribution in [0.4, 0.5) is 0 Å². The van der Waals surface area contributed by atoms with Crippen molar-refractivity contribution in [3.05, 3.63) is 71.8 Å². The number of hydrogen-bond donors (Lipinski definition) is 1. The van der Waals surface area contributed by atoms with Crippen LogP contribution >= 0.6 is 0 Å². The smallest absolute Gasteiger partial charge is 0.0195 e. The molecule has 1 heteroatoms. The van der Waals surface area contributed by atoms with E-state index in [1.807, 2.05) is 6.92 Å². The maximum Gasteiger partial charge on any atom is 0.0195 e. The van der Waals surface area contributed by atoms with Crippen molar-refractivity contribution >= 4 is 21.5 Å². The summed E-state index contributed by atoms with van der Waals surface area (Å²) in [6, 6.07) is 18.2. The minimum atomic E-state index is 0.113. The van der Waals surface area contributed by atoms with E-state index < -0.39 is 0 Å². The summed E-state index contributed by atoms with van der Waals surface area (Å²) >= 11 is 0. The molecule has 1 nitrogen and oxygen atoms in total. The van der Waals surface area contributed by atoms with Crippen LogP contribution in [0.2, 0.25) is 0 Å². The molecule has 0 heterocycles. The van der Waals surface area contributed by atoms with E-state index in [9.17, 15) is 0 Å². The normalized spacial score (nSPS) is 20.8. The van der Waals surface area contributed by atoms with Crippen LogP contribution in [0.5, 0.6) is 0 Å². The van der Waals surface area contributed by atoms with E-state index in [-0.39, 0.29) is 11.5 Å². The summed E-state index contributed by atoms with van der Waals surface area (Å²) in [6.07, 6.45) is 5.60. The zero-order valence-corrected chi connectivity index (χ0v) is 14.7. The Labute approximate surface area is 144 Å². The lowest BCUT2D eigenvalue weighted by Crippen LogP contribution is -2.12. The molecular weight excluding hydrogens is 290 g/mol. The quantitative estimate of drug-likeness (QED) is 0.479. The second-order valence-corrected chi connectivity index (χ2v) is 7.92. The van der Waals surface area contributed by atoms with Crippen molar-refractivity contribution in [2.75, 3.05) is 0 Å². The fourth-order valence-electron chi connectivity index (χ4n) is 4.15. The van der Waals surface area contributed by atoms with Crippen molar-refractivity contribution in [2.24, 2.45) is 5.73 Å². The van der Waals surface area contributed by atoms with Gasteiger partial charge < -0.3 is 5.73 Å². The Balaban J connectivity index is 1.92. The molecular formula is C23H25N. The second-order valence-electron chi connectivity index (χ2n) is 7.92. The molecule has 0 fully saturated rings. The number of benzene rings is 3.